The van der Waals surface area contributed by atoms with E-state index in [-0.39, 0.29) is 6.10 Å². The standard InChI is InChI=1S/C15H20N2O/c1-11(2)16-10-14(18)9-13-8-7-12-5-3-4-6-15(12)17-13/h3-8,11,14,16,18H,9-10H2,1-2H3. The third kappa shape index (κ3) is 3.52. The number of hydrogen-bond acceptors (Lipinski definition) is 3. The zero-order valence-electron chi connectivity index (χ0n) is 10.9. The Bertz CT molecular complexity index is 511. The summed E-state index contributed by atoms with van der Waals surface area (Å²) in [5.74, 6) is 0. The molecular weight excluding hydrogens is 224 g/mol. The summed E-state index contributed by atoms with van der Waals surface area (Å²) in [6, 6.07) is 12.5. The van der Waals surface area contributed by atoms with E-state index in [4.69, 9.17) is 0 Å². The second-order valence-electron chi connectivity index (χ2n) is 4.92. The predicted molar refractivity (Wildman–Crippen MR) is 74.6 cm³/mol. The van der Waals surface area contributed by atoms with Crippen molar-refractivity contribution < 1.29 is 5.11 Å². The smallest absolute Gasteiger partial charge is 0.0720 e. The molecule has 18 heavy (non-hydrogen) atoms. The fourth-order valence-electron chi connectivity index (χ4n) is 1.91. The van der Waals surface area contributed by atoms with Crippen molar-refractivity contribution >= 4 is 10.9 Å². The lowest BCUT2D eigenvalue weighted by atomic mass is 10.1. The van der Waals surface area contributed by atoms with Crippen molar-refractivity contribution in [1.82, 2.24) is 10.3 Å². The van der Waals surface area contributed by atoms with Crippen LogP contribution < -0.4 is 5.32 Å². The van der Waals surface area contributed by atoms with Gasteiger partial charge in [0.25, 0.3) is 0 Å². The molecule has 3 heteroatoms. The maximum absolute atomic E-state index is 9.92. The second-order valence-corrected chi connectivity index (χ2v) is 4.92. The van der Waals surface area contributed by atoms with Gasteiger partial charge in [-0.25, -0.2) is 0 Å². The Kier molecular flexibility index (Phi) is 4.28. The molecule has 0 saturated carbocycles. The lowest BCUT2D eigenvalue weighted by molar-refractivity contribution is 0.168. The Hall–Kier alpha value is -1.45. The summed E-state index contributed by atoms with van der Waals surface area (Å²) in [4.78, 5) is 4.55. The fraction of sp³-hybridized carbons (Fsp3) is 0.400. The van der Waals surface area contributed by atoms with Gasteiger partial charge in [0, 0.05) is 30.1 Å². The van der Waals surface area contributed by atoms with Gasteiger partial charge in [0.05, 0.1) is 11.6 Å². The SMILES string of the molecule is CC(C)NCC(O)Cc1ccc2ccccc2n1. The quantitative estimate of drug-likeness (QED) is 0.847. The molecule has 0 aliphatic rings. The molecule has 0 saturated heterocycles. The maximum Gasteiger partial charge on any atom is 0.0720 e. The highest BCUT2D eigenvalue weighted by Crippen LogP contribution is 2.12. The summed E-state index contributed by atoms with van der Waals surface area (Å²) in [6.45, 7) is 4.74. The van der Waals surface area contributed by atoms with Crippen molar-refractivity contribution in [2.24, 2.45) is 0 Å². The van der Waals surface area contributed by atoms with E-state index in [2.05, 4.69) is 30.2 Å². The summed E-state index contributed by atoms with van der Waals surface area (Å²) >= 11 is 0. The first-order valence-corrected chi connectivity index (χ1v) is 6.41. The van der Waals surface area contributed by atoms with E-state index >= 15 is 0 Å². The first kappa shape index (κ1) is 13.0. The molecule has 0 spiro atoms. The average Bonchev–Trinajstić information content (AvgIpc) is 2.36. The molecule has 1 atom stereocenters. The Balaban J connectivity index is 2.03. The summed E-state index contributed by atoms with van der Waals surface area (Å²) in [5.41, 5.74) is 1.92. The van der Waals surface area contributed by atoms with Crippen molar-refractivity contribution in [3.8, 4) is 0 Å². The van der Waals surface area contributed by atoms with Crippen LogP contribution in [0, 0.1) is 0 Å². The van der Waals surface area contributed by atoms with Gasteiger partial charge < -0.3 is 10.4 Å². The average molecular weight is 244 g/mol. The van der Waals surface area contributed by atoms with E-state index in [1.54, 1.807) is 0 Å². The molecule has 2 N–H and O–H groups in total. The molecule has 2 rings (SSSR count). The highest BCUT2D eigenvalue weighted by atomic mass is 16.3. The van der Waals surface area contributed by atoms with E-state index in [1.807, 2.05) is 30.3 Å². The van der Waals surface area contributed by atoms with Crippen molar-refractivity contribution in [1.29, 1.82) is 0 Å². The molecule has 0 radical (unpaired) electrons. The van der Waals surface area contributed by atoms with E-state index < -0.39 is 0 Å². The highest BCUT2D eigenvalue weighted by Gasteiger charge is 2.07. The van der Waals surface area contributed by atoms with Crippen molar-refractivity contribution in [2.45, 2.75) is 32.4 Å². The number of hydrogen-bond donors (Lipinski definition) is 2. The van der Waals surface area contributed by atoms with Gasteiger partial charge >= 0.3 is 0 Å². The van der Waals surface area contributed by atoms with Gasteiger partial charge in [-0.2, -0.15) is 0 Å². The molecule has 0 bridgehead atoms. The number of benzene rings is 1. The monoisotopic (exact) mass is 244 g/mol. The Morgan fingerprint density at radius 2 is 1.94 bits per heavy atom. The number of aromatic nitrogens is 1. The number of pyridine rings is 1. The summed E-state index contributed by atoms with van der Waals surface area (Å²) in [7, 11) is 0. The zero-order chi connectivity index (χ0) is 13.0. The van der Waals surface area contributed by atoms with Crippen LogP contribution in [0.15, 0.2) is 36.4 Å². The van der Waals surface area contributed by atoms with E-state index in [0.717, 1.165) is 16.6 Å². The molecule has 0 fully saturated rings. The topological polar surface area (TPSA) is 45.1 Å². The molecule has 96 valence electrons. The summed E-state index contributed by atoms with van der Waals surface area (Å²) < 4.78 is 0. The highest BCUT2D eigenvalue weighted by molar-refractivity contribution is 5.78. The van der Waals surface area contributed by atoms with Crippen LogP contribution in [0.25, 0.3) is 10.9 Å². The normalized spacial score (nSPS) is 13.1. The molecule has 0 aliphatic carbocycles. The molecule has 1 heterocycles. The minimum Gasteiger partial charge on any atom is -0.391 e. The van der Waals surface area contributed by atoms with Crippen LogP contribution in [0.3, 0.4) is 0 Å². The van der Waals surface area contributed by atoms with Gasteiger partial charge in [-0.3, -0.25) is 4.98 Å². The van der Waals surface area contributed by atoms with Gasteiger partial charge in [0.1, 0.15) is 0 Å². The van der Waals surface area contributed by atoms with Gasteiger partial charge in [-0.15, -0.1) is 0 Å². The molecule has 1 aromatic heterocycles. The van der Waals surface area contributed by atoms with Gasteiger partial charge in [0.2, 0.25) is 0 Å². The molecule has 0 amide bonds. The van der Waals surface area contributed by atoms with Gasteiger partial charge in [-0.05, 0) is 12.1 Å². The van der Waals surface area contributed by atoms with Crippen molar-refractivity contribution in [2.75, 3.05) is 6.54 Å². The van der Waals surface area contributed by atoms with Crippen LogP contribution in [0.5, 0.6) is 0 Å². The summed E-state index contributed by atoms with van der Waals surface area (Å²) in [5, 5.41) is 14.3. The number of rotatable bonds is 5. The van der Waals surface area contributed by atoms with Gasteiger partial charge in [-0.1, -0.05) is 38.1 Å². The molecule has 3 nitrogen and oxygen atoms in total. The predicted octanol–water partition coefficient (Wildman–Crippen LogP) is 2.14. The fourth-order valence-corrected chi connectivity index (χ4v) is 1.91. The second kappa shape index (κ2) is 5.94. The van der Waals surface area contributed by atoms with Crippen LogP contribution in [-0.4, -0.2) is 28.8 Å². The molecular formula is C15H20N2O. The Morgan fingerprint density at radius 3 is 2.72 bits per heavy atom. The lowest BCUT2D eigenvalue weighted by Gasteiger charge is -2.13. The van der Waals surface area contributed by atoms with E-state index in [0.29, 0.717) is 19.0 Å². The largest absolute Gasteiger partial charge is 0.391 e. The van der Waals surface area contributed by atoms with E-state index in [1.165, 1.54) is 0 Å². The maximum atomic E-state index is 9.92. The summed E-state index contributed by atoms with van der Waals surface area (Å²) in [6.07, 6.45) is 0.200. The van der Waals surface area contributed by atoms with Crippen LogP contribution >= 0.6 is 0 Å². The van der Waals surface area contributed by atoms with Crippen LogP contribution in [0.4, 0.5) is 0 Å². The number of fused-ring (bicyclic) bond motifs is 1. The molecule has 1 aromatic carbocycles. The van der Waals surface area contributed by atoms with Crippen LogP contribution in [0.1, 0.15) is 19.5 Å². The zero-order valence-corrected chi connectivity index (χ0v) is 10.9. The first-order chi connectivity index (χ1) is 8.65. The van der Waals surface area contributed by atoms with E-state index in [9.17, 15) is 5.11 Å². The minimum atomic E-state index is -0.388. The first-order valence-electron chi connectivity index (χ1n) is 6.41. The third-order valence-electron chi connectivity index (χ3n) is 2.86. The number of para-hydroxylation sites is 1. The minimum absolute atomic E-state index is 0.388. The lowest BCUT2D eigenvalue weighted by Crippen LogP contribution is -2.33. The van der Waals surface area contributed by atoms with Crippen LogP contribution in [0.2, 0.25) is 0 Å². The van der Waals surface area contributed by atoms with Crippen LogP contribution in [-0.2, 0) is 6.42 Å². The van der Waals surface area contributed by atoms with Crippen molar-refractivity contribution in [3.63, 3.8) is 0 Å². The van der Waals surface area contributed by atoms with Crippen molar-refractivity contribution in [3.05, 3.63) is 42.1 Å². The van der Waals surface area contributed by atoms with Gasteiger partial charge in [0.15, 0.2) is 0 Å². The Morgan fingerprint density at radius 1 is 1.17 bits per heavy atom. The molecule has 0 aliphatic heterocycles. The number of aliphatic hydroxyl groups is 1. The number of nitrogens with zero attached hydrogens (tertiary/aromatic N) is 1. The number of nitrogens with one attached hydrogen (secondary N) is 1. The number of aliphatic hydroxyl groups excluding tert-OH is 1. The molecule has 1 unspecified atom stereocenters. The third-order valence-corrected chi connectivity index (χ3v) is 2.86. The Labute approximate surface area is 108 Å². The molecule has 2 aromatic rings.